The molecule has 0 saturated heterocycles. The van der Waals surface area contributed by atoms with E-state index in [-0.39, 0.29) is 100 Å². The van der Waals surface area contributed by atoms with E-state index in [0.717, 1.165) is 0 Å². The first-order valence-electron chi connectivity index (χ1n) is 0. The van der Waals surface area contributed by atoms with Crippen LogP contribution in [0.5, 0.6) is 0 Å². The van der Waals surface area contributed by atoms with Gasteiger partial charge in [0.2, 0.25) is 0 Å². The van der Waals surface area contributed by atoms with Gasteiger partial charge in [-0.2, -0.15) is 0 Å². The molecule has 0 aliphatic heterocycles. The summed E-state index contributed by atoms with van der Waals surface area (Å²) in [5.41, 5.74) is 0. The van der Waals surface area contributed by atoms with Crippen LogP contribution in [0, 0.1) is 0 Å². The predicted octanol–water partition coefficient (Wildman–Crippen LogP) is -2.41. The monoisotopic (exact) mass is 115 g/mol. The van der Waals surface area contributed by atoms with E-state index in [1.54, 1.807) is 0 Å². The van der Waals surface area contributed by atoms with Crippen LogP contribution >= 0.6 is 0 Å². The maximum Gasteiger partial charge on any atom is 0 e. The normalized spacial score (nSPS) is 0. The van der Waals surface area contributed by atoms with Crippen molar-refractivity contribution in [1.82, 2.24) is 0 Å². The molecule has 4 heavy (non-hydrogen) atoms. The second kappa shape index (κ2) is 17.0. The van der Waals surface area contributed by atoms with Crippen molar-refractivity contribution in [3.8, 4) is 0 Å². The van der Waals surface area contributed by atoms with Gasteiger partial charge in [0, 0.05) is 89.1 Å². The van der Waals surface area contributed by atoms with Gasteiger partial charge in [-0.05, 0) is 0 Å². The van der Waals surface area contributed by atoms with Crippen molar-refractivity contribution in [2.45, 2.75) is 0 Å². The van der Waals surface area contributed by atoms with Gasteiger partial charge in [0.25, 0.3) is 0 Å². The fraction of sp³-hybridized carbons (Fsp3) is 0. The third-order valence-corrected chi connectivity index (χ3v) is 0. The largest absolute Gasteiger partial charge is 0.412 e. The average molecular weight is 115 g/mol. The van der Waals surface area contributed by atoms with E-state index < -0.39 is 0 Å². The third-order valence-electron chi connectivity index (χ3n) is 0. The number of rotatable bonds is 0. The average Bonchev–Trinajstić information content (AvgIpc) is 0. The topological polar surface area (TPSA) is 63.0 Å². The van der Waals surface area contributed by atoms with Crippen LogP contribution in [-0.4, -0.2) is 100 Å². The van der Waals surface area contributed by atoms with Gasteiger partial charge in [-0.25, -0.2) is 0 Å². The summed E-state index contributed by atoms with van der Waals surface area (Å²) in [4.78, 5) is 0. The van der Waals surface area contributed by atoms with E-state index in [9.17, 15) is 0 Å². The molecule has 0 aliphatic rings. The molecule has 0 unspecified atom stereocenters. The smallest absolute Gasteiger partial charge is 0 e. The molecular formula is H4CaKO2. The second-order valence-electron chi connectivity index (χ2n) is 0. The van der Waals surface area contributed by atoms with E-state index in [1.807, 2.05) is 0 Å². The van der Waals surface area contributed by atoms with E-state index in [1.165, 1.54) is 0 Å². The van der Waals surface area contributed by atoms with Crippen LogP contribution in [0.1, 0.15) is 0 Å². The third kappa shape index (κ3) is 8.84. The maximum atomic E-state index is 0. The van der Waals surface area contributed by atoms with Crippen molar-refractivity contribution < 1.29 is 11.0 Å². The zero-order valence-electron chi connectivity index (χ0n) is 2.71. The molecule has 4 N–H and O–H groups in total. The van der Waals surface area contributed by atoms with Gasteiger partial charge in [0.05, 0.1) is 0 Å². The summed E-state index contributed by atoms with van der Waals surface area (Å²) in [6.07, 6.45) is 0. The fourth-order valence-corrected chi connectivity index (χ4v) is 0. The van der Waals surface area contributed by atoms with Gasteiger partial charge in [0.15, 0.2) is 0 Å². The zero-order chi connectivity index (χ0) is 0. The van der Waals surface area contributed by atoms with Crippen molar-refractivity contribution in [1.29, 1.82) is 0 Å². The summed E-state index contributed by atoms with van der Waals surface area (Å²) in [5, 5.41) is 0. The fourth-order valence-electron chi connectivity index (χ4n) is 0. The molecule has 0 atom stereocenters. The molecule has 0 aromatic rings. The number of hydrogen-bond donors (Lipinski definition) is 0. The molecule has 0 bridgehead atoms. The Balaban J connectivity index is 0. The molecule has 0 saturated carbocycles. The van der Waals surface area contributed by atoms with Crippen LogP contribution in [-0.2, 0) is 0 Å². The van der Waals surface area contributed by atoms with Crippen LogP contribution in [0.3, 0.4) is 0 Å². The quantitative estimate of drug-likeness (QED) is 0.316. The molecule has 0 aromatic carbocycles. The van der Waals surface area contributed by atoms with Crippen molar-refractivity contribution in [2.75, 3.05) is 0 Å². The first-order chi connectivity index (χ1) is 0. The summed E-state index contributed by atoms with van der Waals surface area (Å²) in [7, 11) is 0. The second-order valence-corrected chi connectivity index (χ2v) is 0. The maximum absolute atomic E-state index is 0. The van der Waals surface area contributed by atoms with Crippen LogP contribution < -0.4 is 0 Å². The number of hydrogen-bond acceptors (Lipinski definition) is 0. The predicted molar refractivity (Wildman–Crippen MR) is 18.7 cm³/mol. The van der Waals surface area contributed by atoms with E-state index in [4.69, 9.17) is 0 Å². The summed E-state index contributed by atoms with van der Waals surface area (Å²) in [5.74, 6) is 0. The van der Waals surface area contributed by atoms with Gasteiger partial charge in [0.1, 0.15) is 0 Å². The molecule has 0 heterocycles. The Kier molecular flexibility index (Phi) is 124. The Morgan fingerprint density at radius 2 is 0.750 bits per heavy atom. The molecule has 0 rings (SSSR count). The minimum atomic E-state index is 0. The van der Waals surface area contributed by atoms with E-state index >= 15 is 0 Å². The van der Waals surface area contributed by atoms with Crippen LogP contribution in [0.4, 0.5) is 0 Å². The van der Waals surface area contributed by atoms with Gasteiger partial charge >= 0.3 is 0 Å². The Labute approximate surface area is 97.4 Å². The zero-order valence-corrected chi connectivity index (χ0v) is 8.04. The van der Waals surface area contributed by atoms with Gasteiger partial charge < -0.3 is 11.0 Å². The molecule has 3 radical (unpaired) electrons. The first-order valence-corrected chi connectivity index (χ1v) is 0. The van der Waals surface area contributed by atoms with Crippen LogP contribution in [0.2, 0.25) is 0 Å². The molecule has 19 valence electrons. The molecule has 0 aromatic heterocycles. The molecule has 2 nitrogen and oxygen atoms in total. The summed E-state index contributed by atoms with van der Waals surface area (Å²) < 4.78 is 0. The Morgan fingerprint density at radius 1 is 0.750 bits per heavy atom. The minimum Gasteiger partial charge on any atom is -0.412 e. The summed E-state index contributed by atoms with van der Waals surface area (Å²) >= 11 is 0. The minimum absolute atomic E-state index is 0. The molecular weight excluding hydrogens is 111 g/mol. The SMILES string of the molecule is O.O.[Ca].[K]. The Hall–Kier alpha value is 2.82. The van der Waals surface area contributed by atoms with Crippen molar-refractivity contribution >= 4 is 89.1 Å². The molecule has 0 spiro atoms. The Bertz CT molecular complexity index is 6.00. The van der Waals surface area contributed by atoms with Crippen molar-refractivity contribution in [2.24, 2.45) is 0 Å². The summed E-state index contributed by atoms with van der Waals surface area (Å²) in [6.45, 7) is 0. The van der Waals surface area contributed by atoms with E-state index in [2.05, 4.69) is 0 Å². The summed E-state index contributed by atoms with van der Waals surface area (Å²) in [6, 6.07) is 0. The molecule has 4 heteroatoms. The van der Waals surface area contributed by atoms with Crippen molar-refractivity contribution in [3.63, 3.8) is 0 Å². The standard InChI is InChI=1S/Ca.K.2H2O/h;;2*1H2. The van der Waals surface area contributed by atoms with Crippen LogP contribution in [0.25, 0.3) is 0 Å². The molecule has 0 aliphatic carbocycles. The van der Waals surface area contributed by atoms with Gasteiger partial charge in [-0.1, -0.05) is 0 Å². The van der Waals surface area contributed by atoms with Crippen molar-refractivity contribution in [3.05, 3.63) is 0 Å². The molecule has 0 amide bonds. The first kappa shape index (κ1) is 29.1. The van der Waals surface area contributed by atoms with Gasteiger partial charge in [-0.15, -0.1) is 0 Å². The van der Waals surface area contributed by atoms with Gasteiger partial charge in [-0.3, -0.25) is 0 Å². The Morgan fingerprint density at radius 3 is 0.750 bits per heavy atom. The van der Waals surface area contributed by atoms with Crippen LogP contribution in [0.15, 0.2) is 0 Å². The molecule has 0 fully saturated rings. The van der Waals surface area contributed by atoms with E-state index in [0.29, 0.717) is 0 Å².